The molecule has 0 spiro atoms. The normalized spacial score (nSPS) is 10.4. The summed E-state index contributed by atoms with van der Waals surface area (Å²) >= 11 is 0. The van der Waals surface area contributed by atoms with Crippen LogP contribution in [0.5, 0.6) is 17.2 Å². The fourth-order valence-electron chi connectivity index (χ4n) is 2.76. The summed E-state index contributed by atoms with van der Waals surface area (Å²) in [5, 5.41) is 6.97. The molecule has 0 unspecified atom stereocenters. The minimum absolute atomic E-state index is 0.275. The Morgan fingerprint density at radius 3 is 2.10 bits per heavy atom. The number of carbonyl (C=O) groups is 1. The first-order valence-electron chi connectivity index (χ1n) is 9.49. The molecule has 3 rings (SSSR count). The first-order valence-corrected chi connectivity index (χ1v) is 9.49. The van der Waals surface area contributed by atoms with Gasteiger partial charge < -0.3 is 19.5 Å². The molecule has 0 radical (unpaired) electrons. The zero-order valence-corrected chi connectivity index (χ0v) is 16.7. The van der Waals surface area contributed by atoms with Crippen molar-refractivity contribution in [2.75, 3.05) is 25.1 Å². The van der Waals surface area contributed by atoms with Gasteiger partial charge in [-0.15, -0.1) is 0 Å². The number of carbonyl (C=O) groups excluding carboxylic acids is 1. The van der Waals surface area contributed by atoms with E-state index < -0.39 is 0 Å². The van der Waals surface area contributed by atoms with Gasteiger partial charge in [0.05, 0.1) is 25.5 Å². The lowest BCUT2D eigenvalue weighted by molar-refractivity contribution is 0.102. The molecular formula is C21H24N4O4. The van der Waals surface area contributed by atoms with Crippen LogP contribution in [0.3, 0.4) is 0 Å². The summed E-state index contributed by atoms with van der Waals surface area (Å²) in [4.78, 5) is 16.7. The molecule has 1 N–H and O–H groups in total. The molecule has 0 fully saturated rings. The first-order chi connectivity index (χ1) is 14.2. The summed E-state index contributed by atoms with van der Waals surface area (Å²) in [7, 11) is 0. The van der Waals surface area contributed by atoms with E-state index in [-0.39, 0.29) is 5.91 Å². The van der Waals surface area contributed by atoms with E-state index in [1.807, 2.05) is 32.9 Å². The second kappa shape index (κ2) is 9.59. The van der Waals surface area contributed by atoms with Crippen molar-refractivity contribution in [1.82, 2.24) is 14.8 Å². The number of nitrogens with zero attached hydrogens (tertiary/aromatic N) is 3. The quantitative estimate of drug-likeness (QED) is 0.593. The third-order valence-corrected chi connectivity index (χ3v) is 3.98. The third-order valence-electron chi connectivity index (χ3n) is 3.98. The summed E-state index contributed by atoms with van der Waals surface area (Å²) in [6, 6.07) is 10.6. The molecule has 2 aromatic carbocycles. The summed E-state index contributed by atoms with van der Waals surface area (Å²) in [5.74, 6) is 1.19. The Hall–Kier alpha value is -3.55. The molecule has 0 aliphatic heterocycles. The van der Waals surface area contributed by atoms with E-state index >= 15 is 0 Å². The topological polar surface area (TPSA) is 87.5 Å². The van der Waals surface area contributed by atoms with Crippen molar-refractivity contribution in [2.24, 2.45) is 0 Å². The smallest absolute Gasteiger partial charge is 0.255 e. The third kappa shape index (κ3) is 4.84. The molecule has 0 atom stereocenters. The monoisotopic (exact) mass is 396 g/mol. The number of anilines is 1. The van der Waals surface area contributed by atoms with Gasteiger partial charge in [-0.3, -0.25) is 4.79 Å². The van der Waals surface area contributed by atoms with Crippen molar-refractivity contribution < 1.29 is 19.0 Å². The average molecular weight is 396 g/mol. The highest BCUT2D eigenvalue weighted by atomic mass is 16.5. The second-order valence-electron chi connectivity index (χ2n) is 5.94. The molecule has 1 heterocycles. The number of hydrogen-bond acceptors (Lipinski definition) is 6. The minimum atomic E-state index is -0.275. The van der Waals surface area contributed by atoms with Gasteiger partial charge >= 0.3 is 0 Å². The van der Waals surface area contributed by atoms with Crippen LogP contribution in [0.1, 0.15) is 31.1 Å². The molecule has 0 saturated carbocycles. The Bertz CT molecular complexity index is 913. The highest BCUT2D eigenvalue weighted by molar-refractivity contribution is 6.05. The molecule has 0 bridgehead atoms. The van der Waals surface area contributed by atoms with Gasteiger partial charge in [0.2, 0.25) is 5.75 Å². The van der Waals surface area contributed by atoms with Gasteiger partial charge in [0.25, 0.3) is 5.91 Å². The molecule has 1 aromatic heterocycles. The summed E-state index contributed by atoms with van der Waals surface area (Å²) < 4.78 is 18.7. The minimum Gasteiger partial charge on any atom is -0.490 e. The number of rotatable bonds is 9. The van der Waals surface area contributed by atoms with Crippen molar-refractivity contribution >= 4 is 11.6 Å². The van der Waals surface area contributed by atoms with Crippen molar-refractivity contribution in [1.29, 1.82) is 0 Å². The Kier molecular flexibility index (Phi) is 6.67. The van der Waals surface area contributed by atoms with Crippen LogP contribution in [0, 0.1) is 0 Å². The molecule has 0 aliphatic carbocycles. The van der Waals surface area contributed by atoms with Gasteiger partial charge in [-0.25, -0.2) is 9.67 Å². The van der Waals surface area contributed by atoms with E-state index in [0.717, 1.165) is 5.69 Å². The molecule has 3 aromatic rings. The van der Waals surface area contributed by atoms with Crippen LogP contribution in [0.15, 0.2) is 49.1 Å². The fraction of sp³-hybridized carbons (Fsp3) is 0.286. The van der Waals surface area contributed by atoms with Crippen LogP contribution < -0.4 is 19.5 Å². The van der Waals surface area contributed by atoms with Gasteiger partial charge in [0.15, 0.2) is 11.5 Å². The van der Waals surface area contributed by atoms with Gasteiger partial charge in [0.1, 0.15) is 12.7 Å². The molecule has 0 saturated heterocycles. The molecule has 1 amide bonds. The number of nitrogens with one attached hydrogen (secondary N) is 1. The van der Waals surface area contributed by atoms with Crippen LogP contribution in [0.4, 0.5) is 5.69 Å². The van der Waals surface area contributed by atoms with Crippen LogP contribution in [0.2, 0.25) is 0 Å². The molecule has 8 nitrogen and oxygen atoms in total. The number of benzene rings is 2. The SMILES string of the molecule is CCOc1cc(C(=O)Nc2ccc(-n3cncn3)cc2)cc(OCC)c1OCC. The van der Waals surface area contributed by atoms with Crippen molar-refractivity contribution in [3.05, 3.63) is 54.6 Å². The lowest BCUT2D eigenvalue weighted by Gasteiger charge is -2.17. The van der Waals surface area contributed by atoms with E-state index in [4.69, 9.17) is 14.2 Å². The van der Waals surface area contributed by atoms with E-state index in [0.29, 0.717) is 48.3 Å². The van der Waals surface area contributed by atoms with E-state index in [2.05, 4.69) is 15.4 Å². The zero-order valence-electron chi connectivity index (χ0n) is 16.7. The molecule has 29 heavy (non-hydrogen) atoms. The lowest BCUT2D eigenvalue weighted by atomic mass is 10.1. The van der Waals surface area contributed by atoms with Gasteiger partial charge in [-0.1, -0.05) is 0 Å². The van der Waals surface area contributed by atoms with Crippen molar-refractivity contribution in [3.8, 4) is 22.9 Å². The Labute approximate surface area is 169 Å². The maximum atomic E-state index is 12.8. The van der Waals surface area contributed by atoms with Gasteiger partial charge in [-0.2, -0.15) is 5.10 Å². The Balaban J connectivity index is 1.84. The summed E-state index contributed by atoms with van der Waals surface area (Å²) in [6.07, 6.45) is 3.07. The van der Waals surface area contributed by atoms with E-state index in [1.54, 1.807) is 35.3 Å². The zero-order chi connectivity index (χ0) is 20.6. The Morgan fingerprint density at radius 2 is 1.59 bits per heavy atom. The standard InChI is InChI=1S/C21H24N4O4/c1-4-27-18-11-15(12-19(28-5-2)20(18)29-6-3)21(26)24-16-7-9-17(10-8-16)25-14-22-13-23-25/h7-14H,4-6H2,1-3H3,(H,24,26). The van der Waals surface area contributed by atoms with Gasteiger partial charge in [0, 0.05) is 11.3 Å². The van der Waals surface area contributed by atoms with Crippen LogP contribution in [-0.4, -0.2) is 40.5 Å². The molecule has 0 aliphatic rings. The number of ether oxygens (including phenoxy) is 3. The predicted octanol–water partition coefficient (Wildman–Crippen LogP) is 3.72. The summed E-state index contributed by atoms with van der Waals surface area (Å²) in [5.41, 5.74) is 1.92. The van der Waals surface area contributed by atoms with Crippen molar-refractivity contribution in [2.45, 2.75) is 20.8 Å². The van der Waals surface area contributed by atoms with Gasteiger partial charge in [-0.05, 0) is 57.2 Å². The number of hydrogen-bond donors (Lipinski definition) is 1. The van der Waals surface area contributed by atoms with Crippen LogP contribution in [-0.2, 0) is 0 Å². The Morgan fingerprint density at radius 1 is 0.966 bits per heavy atom. The molecule has 8 heteroatoms. The van der Waals surface area contributed by atoms with Crippen molar-refractivity contribution in [3.63, 3.8) is 0 Å². The largest absolute Gasteiger partial charge is 0.490 e. The number of aromatic nitrogens is 3. The van der Waals surface area contributed by atoms with E-state index in [1.165, 1.54) is 6.33 Å². The maximum absolute atomic E-state index is 12.8. The summed E-state index contributed by atoms with van der Waals surface area (Å²) in [6.45, 7) is 6.98. The number of amides is 1. The van der Waals surface area contributed by atoms with Crippen LogP contribution in [0.25, 0.3) is 5.69 Å². The highest BCUT2D eigenvalue weighted by Crippen LogP contribution is 2.39. The van der Waals surface area contributed by atoms with E-state index in [9.17, 15) is 4.79 Å². The average Bonchev–Trinajstić information content (AvgIpc) is 3.26. The highest BCUT2D eigenvalue weighted by Gasteiger charge is 2.18. The predicted molar refractivity (Wildman–Crippen MR) is 109 cm³/mol. The second-order valence-corrected chi connectivity index (χ2v) is 5.94. The first kappa shape index (κ1) is 20.2. The maximum Gasteiger partial charge on any atom is 0.255 e. The molecule has 152 valence electrons. The molecular weight excluding hydrogens is 372 g/mol. The van der Waals surface area contributed by atoms with Crippen LogP contribution >= 0.6 is 0 Å². The lowest BCUT2D eigenvalue weighted by Crippen LogP contribution is -2.13. The fourth-order valence-corrected chi connectivity index (χ4v) is 2.76.